The lowest BCUT2D eigenvalue weighted by molar-refractivity contribution is 1.02. The number of aryl methyl sites for hydroxylation is 2. The topological polar surface area (TPSA) is 29.4 Å². The minimum atomic E-state index is 0.283. The van der Waals surface area contributed by atoms with Crippen LogP contribution in [0.4, 0.5) is 0 Å². The Morgan fingerprint density at radius 2 is 1.77 bits per heavy atom. The lowest BCUT2D eigenvalue weighted by atomic mass is 9.98. The van der Waals surface area contributed by atoms with Gasteiger partial charge in [-0.15, -0.1) is 0 Å². The van der Waals surface area contributed by atoms with Gasteiger partial charge in [-0.2, -0.15) is 4.91 Å². The third kappa shape index (κ3) is 2.14. The largest absolute Gasteiger partial charge is 0.150 e. The maximum Gasteiger partial charge on any atom is 0.106 e. The van der Waals surface area contributed by atoms with Gasteiger partial charge in [-0.25, -0.2) is 0 Å². The molecule has 0 bridgehead atoms. The molecule has 1 aromatic rings. The van der Waals surface area contributed by atoms with Crippen LogP contribution in [0.1, 0.15) is 29.2 Å². The van der Waals surface area contributed by atoms with Crippen molar-refractivity contribution in [2.45, 2.75) is 33.7 Å². The Morgan fingerprint density at radius 1 is 1.23 bits per heavy atom. The maximum absolute atomic E-state index is 10.1. The first-order valence-corrected chi connectivity index (χ1v) is 4.57. The average molecular weight is 177 g/mol. The molecule has 0 aliphatic rings. The van der Waals surface area contributed by atoms with Crippen LogP contribution < -0.4 is 0 Å². The van der Waals surface area contributed by atoms with E-state index in [0.717, 1.165) is 12.0 Å². The van der Waals surface area contributed by atoms with Gasteiger partial charge >= 0.3 is 0 Å². The minimum Gasteiger partial charge on any atom is -0.150 e. The Kier molecular flexibility index (Phi) is 3.18. The standard InChI is InChI=1S/C11H15NO/c1-4-11-8(2)5-10(7-12-13)6-9(11)3/h5-6H,4,7H2,1-3H3. The van der Waals surface area contributed by atoms with E-state index in [1.165, 1.54) is 16.7 Å². The van der Waals surface area contributed by atoms with E-state index in [-0.39, 0.29) is 6.54 Å². The van der Waals surface area contributed by atoms with E-state index in [0.29, 0.717) is 0 Å². The van der Waals surface area contributed by atoms with Crippen molar-refractivity contribution in [3.63, 3.8) is 0 Å². The summed E-state index contributed by atoms with van der Waals surface area (Å²) in [6.45, 7) is 6.60. The quantitative estimate of drug-likeness (QED) is 0.652. The fourth-order valence-corrected chi connectivity index (χ4v) is 1.81. The zero-order valence-electron chi connectivity index (χ0n) is 8.42. The maximum atomic E-state index is 10.1. The predicted molar refractivity (Wildman–Crippen MR) is 54.8 cm³/mol. The van der Waals surface area contributed by atoms with E-state index >= 15 is 0 Å². The monoisotopic (exact) mass is 177 g/mol. The molecule has 0 atom stereocenters. The molecule has 0 radical (unpaired) electrons. The third-order valence-electron chi connectivity index (χ3n) is 2.36. The molecule has 2 heteroatoms. The van der Waals surface area contributed by atoms with Crippen molar-refractivity contribution in [1.82, 2.24) is 0 Å². The molecule has 1 aromatic carbocycles. The molecule has 70 valence electrons. The third-order valence-corrected chi connectivity index (χ3v) is 2.36. The molecule has 0 aromatic heterocycles. The van der Waals surface area contributed by atoms with Crippen LogP contribution in [-0.2, 0) is 13.0 Å². The van der Waals surface area contributed by atoms with Gasteiger partial charge in [0.05, 0.1) is 0 Å². The Morgan fingerprint density at radius 3 is 2.15 bits per heavy atom. The molecule has 0 aliphatic heterocycles. The van der Waals surface area contributed by atoms with Crippen molar-refractivity contribution in [1.29, 1.82) is 0 Å². The van der Waals surface area contributed by atoms with Crippen LogP contribution >= 0.6 is 0 Å². The van der Waals surface area contributed by atoms with E-state index in [9.17, 15) is 4.91 Å². The normalized spacial score (nSPS) is 10.1. The highest BCUT2D eigenvalue weighted by Gasteiger charge is 2.02. The SMILES string of the molecule is CCc1c(C)cc(CN=O)cc1C. The second kappa shape index (κ2) is 4.17. The van der Waals surface area contributed by atoms with Gasteiger partial charge in [0, 0.05) is 0 Å². The van der Waals surface area contributed by atoms with Crippen LogP contribution in [0.25, 0.3) is 0 Å². The van der Waals surface area contributed by atoms with Gasteiger partial charge in [0.25, 0.3) is 0 Å². The lowest BCUT2D eigenvalue weighted by Crippen LogP contribution is -1.94. The molecule has 0 saturated heterocycles. The molecule has 0 N–H and O–H groups in total. The van der Waals surface area contributed by atoms with Gasteiger partial charge < -0.3 is 0 Å². The van der Waals surface area contributed by atoms with E-state index < -0.39 is 0 Å². The number of hydrogen-bond donors (Lipinski definition) is 0. The van der Waals surface area contributed by atoms with E-state index in [1.54, 1.807) is 0 Å². The Balaban J connectivity index is 3.12. The van der Waals surface area contributed by atoms with Crippen molar-refractivity contribution in [3.8, 4) is 0 Å². The Hall–Kier alpha value is -1.18. The second-order valence-corrected chi connectivity index (χ2v) is 3.35. The van der Waals surface area contributed by atoms with Crippen molar-refractivity contribution in [3.05, 3.63) is 39.3 Å². The lowest BCUT2D eigenvalue weighted by Gasteiger charge is -2.08. The molecule has 13 heavy (non-hydrogen) atoms. The summed E-state index contributed by atoms with van der Waals surface area (Å²) in [4.78, 5) is 10.1. The van der Waals surface area contributed by atoms with Crippen LogP contribution in [0.3, 0.4) is 0 Å². The molecule has 0 aliphatic carbocycles. The fraction of sp³-hybridized carbons (Fsp3) is 0.455. The van der Waals surface area contributed by atoms with Gasteiger partial charge in [0.15, 0.2) is 0 Å². The van der Waals surface area contributed by atoms with Crippen molar-refractivity contribution in [2.24, 2.45) is 5.18 Å². The van der Waals surface area contributed by atoms with E-state index in [1.807, 2.05) is 12.1 Å². The van der Waals surface area contributed by atoms with Gasteiger partial charge in [-0.1, -0.05) is 24.2 Å². The molecule has 2 nitrogen and oxygen atoms in total. The number of benzene rings is 1. The summed E-state index contributed by atoms with van der Waals surface area (Å²) >= 11 is 0. The highest BCUT2D eigenvalue weighted by atomic mass is 16.3. The first-order valence-electron chi connectivity index (χ1n) is 4.57. The van der Waals surface area contributed by atoms with E-state index in [2.05, 4.69) is 25.9 Å². The molecule has 0 unspecified atom stereocenters. The highest BCUT2D eigenvalue weighted by Crippen LogP contribution is 2.17. The molecule has 0 heterocycles. The number of hydrogen-bond acceptors (Lipinski definition) is 2. The number of rotatable bonds is 3. The van der Waals surface area contributed by atoms with Crippen molar-refractivity contribution >= 4 is 0 Å². The smallest absolute Gasteiger partial charge is 0.106 e. The first kappa shape index (κ1) is 9.90. The summed E-state index contributed by atoms with van der Waals surface area (Å²) < 4.78 is 0. The summed E-state index contributed by atoms with van der Waals surface area (Å²) in [6, 6.07) is 4.10. The van der Waals surface area contributed by atoms with Crippen LogP contribution in [0.15, 0.2) is 17.3 Å². The minimum absolute atomic E-state index is 0.283. The summed E-state index contributed by atoms with van der Waals surface area (Å²) in [6.07, 6.45) is 1.05. The van der Waals surface area contributed by atoms with Gasteiger partial charge in [0.2, 0.25) is 0 Å². The highest BCUT2D eigenvalue weighted by molar-refractivity contribution is 5.37. The van der Waals surface area contributed by atoms with Crippen molar-refractivity contribution in [2.75, 3.05) is 0 Å². The molecule has 0 saturated carbocycles. The molecular formula is C11H15NO. The van der Waals surface area contributed by atoms with Gasteiger partial charge in [0.1, 0.15) is 6.54 Å². The zero-order valence-corrected chi connectivity index (χ0v) is 8.42. The molecule has 0 amide bonds. The number of nitroso groups, excluding NO2 is 1. The second-order valence-electron chi connectivity index (χ2n) is 3.35. The van der Waals surface area contributed by atoms with E-state index in [4.69, 9.17) is 0 Å². The average Bonchev–Trinajstić information content (AvgIpc) is 2.04. The summed E-state index contributed by atoms with van der Waals surface area (Å²) in [5, 5.41) is 2.89. The van der Waals surface area contributed by atoms with Crippen LogP contribution in [-0.4, -0.2) is 0 Å². The number of nitrogens with zero attached hydrogens (tertiary/aromatic N) is 1. The fourth-order valence-electron chi connectivity index (χ4n) is 1.81. The molecule has 0 fully saturated rings. The van der Waals surface area contributed by atoms with Crippen LogP contribution in [0.5, 0.6) is 0 Å². The molecule has 1 rings (SSSR count). The van der Waals surface area contributed by atoms with Crippen LogP contribution in [0, 0.1) is 18.8 Å². The van der Waals surface area contributed by atoms with Gasteiger partial charge in [-0.05, 0) is 42.5 Å². The van der Waals surface area contributed by atoms with Crippen molar-refractivity contribution < 1.29 is 0 Å². The van der Waals surface area contributed by atoms with Gasteiger partial charge in [-0.3, -0.25) is 0 Å². The molecule has 0 spiro atoms. The Labute approximate surface area is 79.0 Å². The predicted octanol–water partition coefficient (Wildman–Crippen LogP) is 3.13. The summed E-state index contributed by atoms with van der Waals surface area (Å²) in [5.41, 5.74) is 4.93. The summed E-state index contributed by atoms with van der Waals surface area (Å²) in [5.74, 6) is 0. The van der Waals surface area contributed by atoms with Crippen LogP contribution in [0.2, 0.25) is 0 Å². The molecular weight excluding hydrogens is 162 g/mol. The zero-order chi connectivity index (χ0) is 9.84. The first-order chi connectivity index (χ1) is 6.19. The summed E-state index contributed by atoms with van der Waals surface area (Å²) in [7, 11) is 0. The Bertz CT molecular complexity index is 295.